The first-order valence-corrected chi connectivity index (χ1v) is 13.7. The second kappa shape index (κ2) is 10.6. The number of rotatable bonds is 8. The summed E-state index contributed by atoms with van der Waals surface area (Å²) in [5.41, 5.74) is 9.52. The van der Waals surface area contributed by atoms with Gasteiger partial charge in [-0.15, -0.1) is 0 Å². The Hall–Kier alpha value is -2.87. The van der Waals surface area contributed by atoms with Crippen molar-refractivity contribution >= 4 is 29.0 Å². The number of carbonyl (C=O) groups is 1. The van der Waals surface area contributed by atoms with Gasteiger partial charge < -0.3 is 0 Å². The molecule has 36 heavy (non-hydrogen) atoms. The molecule has 0 bridgehead atoms. The van der Waals surface area contributed by atoms with E-state index < -0.39 is 0 Å². The molecule has 4 aromatic carbocycles. The van der Waals surface area contributed by atoms with Crippen LogP contribution in [0.1, 0.15) is 66.6 Å². The Balaban J connectivity index is 1.48. The maximum Gasteiger partial charge on any atom is 0.194 e. The Bertz CT molecular complexity index is 1310. The molecule has 4 aromatic rings. The molecular weight excluding hydrogens is 483 g/mol. The highest BCUT2D eigenvalue weighted by Crippen LogP contribution is 2.45. The summed E-state index contributed by atoms with van der Waals surface area (Å²) in [5.74, 6) is 0.0231. The third-order valence-electron chi connectivity index (χ3n) is 7.16. The minimum Gasteiger partial charge on any atom is -0.289 e. The summed E-state index contributed by atoms with van der Waals surface area (Å²) in [6, 6.07) is 24.8. The van der Waals surface area contributed by atoms with Gasteiger partial charge in [0.15, 0.2) is 5.78 Å². The van der Waals surface area contributed by atoms with E-state index in [1.165, 1.54) is 36.8 Å². The zero-order valence-electron chi connectivity index (χ0n) is 20.8. The van der Waals surface area contributed by atoms with E-state index in [2.05, 4.69) is 62.4 Å². The Morgan fingerprint density at radius 3 is 1.28 bits per heavy atom. The van der Waals surface area contributed by atoms with Crippen LogP contribution in [0.3, 0.4) is 0 Å². The van der Waals surface area contributed by atoms with E-state index in [-0.39, 0.29) is 5.78 Å². The maximum absolute atomic E-state index is 13.5. The van der Waals surface area contributed by atoms with Crippen molar-refractivity contribution in [2.45, 2.75) is 52.4 Å². The fourth-order valence-corrected chi connectivity index (χ4v) is 5.56. The van der Waals surface area contributed by atoms with E-state index in [4.69, 9.17) is 23.2 Å². The summed E-state index contributed by atoms with van der Waals surface area (Å²) in [5, 5.41) is 1.28. The minimum absolute atomic E-state index is 0.0231. The summed E-state index contributed by atoms with van der Waals surface area (Å²) in [4.78, 5) is 13.5. The van der Waals surface area contributed by atoms with Crippen LogP contribution >= 0.6 is 23.2 Å². The molecule has 0 radical (unpaired) electrons. The number of carbonyl (C=O) groups excluding carboxylic acids is 1. The van der Waals surface area contributed by atoms with Crippen molar-refractivity contribution in [2.24, 2.45) is 0 Å². The molecule has 5 rings (SSSR count). The molecule has 3 heteroatoms. The molecule has 1 nitrogen and oxygen atoms in total. The SMILES string of the molecule is CCCCc1ccc(-c2cc3c(cc2Cl)-c2cc(Cl)c(-c4ccc(CCCC)cc4)cc2C3=O)cc1. The van der Waals surface area contributed by atoms with Crippen molar-refractivity contribution in [3.8, 4) is 33.4 Å². The number of fused-ring (bicyclic) bond motifs is 3. The van der Waals surface area contributed by atoms with E-state index in [0.29, 0.717) is 21.2 Å². The maximum atomic E-state index is 13.5. The van der Waals surface area contributed by atoms with Crippen LogP contribution in [-0.4, -0.2) is 5.78 Å². The average molecular weight is 514 g/mol. The van der Waals surface area contributed by atoms with E-state index in [1.807, 2.05) is 24.3 Å². The summed E-state index contributed by atoms with van der Waals surface area (Å²) in [6.45, 7) is 4.40. The first kappa shape index (κ1) is 24.8. The minimum atomic E-state index is 0.0231. The van der Waals surface area contributed by atoms with Crippen molar-refractivity contribution < 1.29 is 4.79 Å². The Labute approximate surface area is 224 Å². The van der Waals surface area contributed by atoms with Crippen LogP contribution in [0, 0.1) is 0 Å². The lowest BCUT2D eigenvalue weighted by Gasteiger charge is -2.10. The highest BCUT2D eigenvalue weighted by molar-refractivity contribution is 6.36. The fraction of sp³-hybridized carbons (Fsp3) is 0.242. The van der Waals surface area contributed by atoms with Gasteiger partial charge in [0.05, 0.1) is 0 Å². The van der Waals surface area contributed by atoms with Gasteiger partial charge in [0.25, 0.3) is 0 Å². The van der Waals surface area contributed by atoms with Crippen molar-refractivity contribution in [2.75, 3.05) is 0 Å². The van der Waals surface area contributed by atoms with Crippen LogP contribution in [0.4, 0.5) is 0 Å². The lowest BCUT2D eigenvalue weighted by atomic mass is 9.96. The highest BCUT2D eigenvalue weighted by Gasteiger charge is 2.29. The Kier molecular flexibility index (Phi) is 7.32. The number of hydrogen-bond donors (Lipinski definition) is 0. The van der Waals surface area contributed by atoms with Crippen LogP contribution in [0.15, 0.2) is 72.8 Å². The van der Waals surface area contributed by atoms with Gasteiger partial charge in [-0.3, -0.25) is 4.79 Å². The van der Waals surface area contributed by atoms with E-state index in [1.54, 1.807) is 0 Å². The second-order valence-corrected chi connectivity index (χ2v) is 10.5. The van der Waals surface area contributed by atoms with Gasteiger partial charge >= 0.3 is 0 Å². The summed E-state index contributed by atoms with van der Waals surface area (Å²) in [6.07, 6.45) is 6.87. The molecule has 0 aliphatic heterocycles. The molecule has 0 atom stereocenters. The fourth-order valence-electron chi connectivity index (χ4n) is 5.02. The van der Waals surface area contributed by atoms with E-state index >= 15 is 0 Å². The molecule has 0 saturated carbocycles. The first-order chi connectivity index (χ1) is 17.5. The third-order valence-corrected chi connectivity index (χ3v) is 7.79. The quantitative estimate of drug-likeness (QED) is 0.202. The zero-order chi connectivity index (χ0) is 25.2. The molecule has 0 N–H and O–H groups in total. The summed E-state index contributed by atoms with van der Waals surface area (Å²) < 4.78 is 0. The zero-order valence-corrected chi connectivity index (χ0v) is 22.3. The van der Waals surface area contributed by atoms with Gasteiger partial charge in [-0.05, 0) is 83.3 Å². The summed E-state index contributed by atoms with van der Waals surface area (Å²) >= 11 is 13.5. The lowest BCUT2D eigenvalue weighted by molar-refractivity contribution is 0.104. The van der Waals surface area contributed by atoms with Gasteiger partial charge in [-0.2, -0.15) is 0 Å². The largest absolute Gasteiger partial charge is 0.289 e. The second-order valence-electron chi connectivity index (χ2n) is 9.69. The molecule has 0 spiro atoms. The monoisotopic (exact) mass is 512 g/mol. The summed E-state index contributed by atoms with van der Waals surface area (Å²) in [7, 11) is 0. The number of halogens is 2. The van der Waals surface area contributed by atoms with Crippen LogP contribution in [0.5, 0.6) is 0 Å². The Morgan fingerprint density at radius 1 is 0.528 bits per heavy atom. The molecule has 0 unspecified atom stereocenters. The van der Waals surface area contributed by atoms with Gasteiger partial charge in [-0.25, -0.2) is 0 Å². The number of ketones is 1. The molecule has 0 fully saturated rings. The number of benzene rings is 4. The van der Waals surface area contributed by atoms with Crippen LogP contribution in [0.2, 0.25) is 10.0 Å². The first-order valence-electron chi connectivity index (χ1n) is 12.9. The normalized spacial score (nSPS) is 12.1. The Morgan fingerprint density at radius 2 is 0.917 bits per heavy atom. The molecule has 0 heterocycles. The standard InChI is InChI=1S/C33H30Cl2O/c1-3-5-7-21-9-13-23(14-10-21)25-17-29-27(19-31(25)34)28-20-32(35)26(18-30(28)33(29)36)24-15-11-22(12-16-24)8-6-4-2/h9-20H,3-8H2,1-2H3. The number of aryl methyl sites for hydroxylation is 2. The van der Waals surface area contributed by atoms with Gasteiger partial charge in [0.2, 0.25) is 0 Å². The van der Waals surface area contributed by atoms with Crippen molar-refractivity contribution in [1.29, 1.82) is 0 Å². The highest BCUT2D eigenvalue weighted by atomic mass is 35.5. The van der Waals surface area contributed by atoms with Crippen molar-refractivity contribution in [3.05, 3.63) is 105 Å². The average Bonchev–Trinajstić information content (AvgIpc) is 3.15. The van der Waals surface area contributed by atoms with Crippen LogP contribution in [-0.2, 0) is 12.8 Å². The van der Waals surface area contributed by atoms with Gasteiger partial charge in [0, 0.05) is 32.3 Å². The van der Waals surface area contributed by atoms with Crippen LogP contribution < -0.4 is 0 Å². The smallest absolute Gasteiger partial charge is 0.194 e. The number of unbranched alkanes of at least 4 members (excludes halogenated alkanes) is 2. The van der Waals surface area contributed by atoms with E-state index in [9.17, 15) is 4.79 Å². The molecule has 1 aliphatic carbocycles. The van der Waals surface area contributed by atoms with Gasteiger partial charge in [-0.1, -0.05) is 98.4 Å². The molecule has 0 saturated heterocycles. The molecular formula is C33H30Cl2O. The topological polar surface area (TPSA) is 17.1 Å². The van der Waals surface area contributed by atoms with Crippen LogP contribution in [0.25, 0.3) is 33.4 Å². The predicted molar refractivity (Wildman–Crippen MR) is 153 cm³/mol. The molecule has 1 aliphatic rings. The predicted octanol–water partition coefficient (Wildman–Crippen LogP) is 10.2. The molecule has 0 amide bonds. The molecule has 182 valence electrons. The molecule has 0 aromatic heterocycles. The third kappa shape index (κ3) is 4.75. The van der Waals surface area contributed by atoms with E-state index in [0.717, 1.165) is 46.2 Å². The van der Waals surface area contributed by atoms with Crippen molar-refractivity contribution in [1.82, 2.24) is 0 Å². The van der Waals surface area contributed by atoms with Gasteiger partial charge in [0.1, 0.15) is 0 Å². The lowest BCUT2D eigenvalue weighted by Crippen LogP contribution is -1.97. The van der Waals surface area contributed by atoms with Crippen molar-refractivity contribution in [3.63, 3.8) is 0 Å². The number of hydrogen-bond acceptors (Lipinski definition) is 1.